The number of para-hydroxylation sites is 1. The molecule has 1 amide bonds. The first-order valence-electron chi connectivity index (χ1n) is 9.23. The second kappa shape index (κ2) is 8.19. The van der Waals surface area contributed by atoms with Crippen molar-refractivity contribution in [2.75, 3.05) is 5.43 Å². The highest BCUT2D eigenvalue weighted by molar-refractivity contribution is 8.26. The number of nitro benzene ring substituents is 1. The van der Waals surface area contributed by atoms with Gasteiger partial charge in [0.05, 0.1) is 20.0 Å². The number of aromatic nitrogens is 1. The smallest absolute Gasteiger partial charge is 0.285 e. The molecule has 0 atom stereocenters. The summed E-state index contributed by atoms with van der Waals surface area (Å²) < 4.78 is 7.14. The van der Waals surface area contributed by atoms with E-state index in [1.165, 1.54) is 28.5 Å². The summed E-state index contributed by atoms with van der Waals surface area (Å²) in [5, 5.41) is 12.8. The van der Waals surface area contributed by atoms with Crippen LogP contribution in [0.3, 0.4) is 0 Å². The molecule has 0 spiro atoms. The minimum Gasteiger partial charge on any atom is -0.457 e. The molecule has 11 heteroatoms. The number of hydrazine groups is 1. The van der Waals surface area contributed by atoms with Crippen LogP contribution in [-0.2, 0) is 4.79 Å². The van der Waals surface area contributed by atoms with Crippen LogP contribution in [0.4, 0.5) is 10.8 Å². The molecule has 3 heterocycles. The summed E-state index contributed by atoms with van der Waals surface area (Å²) in [6.45, 7) is 0. The van der Waals surface area contributed by atoms with Crippen molar-refractivity contribution in [2.45, 2.75) is 0 Å². The summed E-state index contributed by atoms with van der Waals surface area (Å²) in [7, 11) is 0. The molecule has 5 rings (SSSR count). The van der Waals surface area contributed by atoms with Gasteiger partial charge in [-0.3, -0.25) is 20.3 Å². The van der Waals surface area contributed by atoms with Crippen LogP contribution in [0.1, 0.15) is 5.76 Å². The molecular weight excluding hydrogens is 468 g/mol. The van der Waals surface area contributed by atoms with Crippen LogP contribution in [0, 0.1) is 10.1 Å². The molecule has 0 saturated carbocycles. The predicted octanol–water partition coefficient (Wildman–Crippen LogP) is 5.69. The van der Waals surface area contributed by atoms with E-state index in [1.54, 1.807) is 30.3 Å². The van der Waals surface area contributed by atoms with Gasteiger partial charge in [-0.1, -0.05) is 47.4 Å². The van der Waals surface area contributed by atoms with E-state index in [0.29, 0.717) is 31.4 Å². The highest BCUT2D eigenvalue weighted by Crippen LogP contribution is 2.35. The highest BCUT2D eigenvalue weighted by Gasteiger charge is 2.33. The summed E-state index contributed by atoms with van der Waals surface area (Å²) in [5.41, 5.74) is 4.37. The fourth-order valence-electron chi connectivity index (χ4n) is 3.07. The summed E-state index contributed by atoms with van der Waals surface area (Å²) in [6, 6.07) is 17.2. The van der Waals surface area contributed by atoms with Crippen LogP contribution in [0.25, 0.3) is 27.6 Å². The summed E-state index contributed by atoms with van der Waals surface area (Å²) >= 11 is 7.93. The largest absolute Gasteiger partial charge is 0.457 e. The van der Waals surface area contributed by atoms with Crippen molar-refractivity contribution < 1.29 is 14.1 Å². The van der Waals surface area contributed by atoms with Gasteiger partial charge in [0.25, 0.3) is 11.6 Å². The zero-order valence-corrected chi connectivity index (χ0v) is 18.5. The van der Waals surface area contributed by atoms with E-state index >= 15 is 0 Å². The van der Waals surface area contributed by atoms with Crippen molar-refractivity contribution in [3.05, 3.63) is 81.4 Å². The molecular formula is C21H12N4O4S3. The second-order valence-corrected chi connectivity index (χ2v) is 9.33. The van der Waals surface area contributed by atoms with E-state index in [4.69, 9.17) is 16.6 Å². The molecule has 0 unspecified atom stereocenters. The SMILES string of the molecule is O=C1C(=Cc2ccc(-c3cccc([N+](=O)[O-])c3)o2)SC(=S)N1Nc1nc2ccccc2s1. The number of carbonyl (C=O) groups excluding carboxylic acids is 1. The van der Waals surface area contributed by atoms with E-state index in [2.05, 4.69) is 10.4 Å². The van der Waals surface area contributed by atoms with Gasteiger partial charge in [0.15, 0.2) is 4.32 Å². The molecule has 1 saturated heterocycles. The Hall–Kier alpha value is -3.54. The third-order valence-corrected chi connectivity index (χ3v) is 6.78. The quantitative estimate of drug-likeness (QED) is 0.168. The van der Waals surface area contributed by atoms with E-state index in [1.807, 2.05) is 24.3 Å². The van der Waals surface area contributed by atoms with Gasteiger partial charge in [-0.05, 0) is 36.5 Å². The summed E-state index contributed by atoms with van der Waals surface area (Å²) in [6.07, 6.45) is 1.60. The first kappa shape index (κ1) is 20.4. The number of anilines is 1. The van der Waals surface area contributed by atoms with Crippen LogP contribution < -0.4 is 5.43 Å². The highest BCUT2D eigenvalue weighted by atomic mass is 32.2. The lowest BCUT2D eigenvalue weighted by Gasteiger charge is -2.14. The van der Waals surface area contributed by atoms with Crippen LogP contribution in [0.15, 0.2) is 70.0 Å². The number of rotatable bonds is 5. The Bertz CT molecular complexity index is 1390. The topological polar surface area (TPSA) is 102 Å². The van der Waals surface area contributed by atoms with E-state index in [0.717, 1.165) is 22.0 Å². The zero-order valence-electron chi connectivity index (χ0n) is 16.1. The number of thiazole rings is 1. The van der Waals surface area contributed by atoms with Gasteiger partial charge in [0.2, 0.25) is 5.13 Å². The zero-order chi connectivity index (χ0) is 22.2. The van der Waals surface area contributed by atoms with E-state index in [9.17, 15) is 14.9 Å². The maximum Gasteiger partial charge on any atom is 0.285 e. The number of amides is 1. The van der Waals surface area contributed by atoms with Crippen LogP contribution >= 0.6 is 35.3 Å². The number of furan rings is 1. The van der Waals surface area contributed by atoms with E-state index in [-0.39, 0.29) is 11.6 Å². The monoisotopic (exact) mass is 480 g/mol. The Morgan fingerprint density at radius 3 is 2.81 bits per heavy atom. The van der Waals surface area contributed by atoms with Gasteiger partial charge in [-0.15, -0.1) is 0 Å². The fourth-order valence-corrected chi connectivity index (χ4v) is 5.08. The number of nitrogens with one attached hydrogen (secondary N) is 1. The molecule has 1 aliphatic rings. The van der Waals surface area contributed by atoms with Gasteiger partial charge in [0.1, 0.15) is 11.5 Å². The third kappa shape index (κ3) is 3.88. The van der Waals surface area contributed by atoms with Gasteiger partial charge >= 0.3 is 0 Å². The predicted molar refractivity (Wildman–Crippen MR) is 129 cm³/mol. The fraction of sp³-hybridized carbons (Fsp3) is 0. The summed E-state index contributed by atoms with van der Waals surface area (Å²) in [5.74, 6) is 0.586. The second-order valence-electron chi connectivity index (χ2n) is 6.63. The molecule has 4 aromatic rings. The van der Waals surface area contributed by atoms with Crippen LogP contribution in [0.2, 0.25) is 0 Å². The van der Waals surface area contributed by atoms with Gasteiger partial charge in [-0.25, -0.2) is 4.98 Å². The first-order valence-corrected chi connectivity index (χ1v) is 11.3. The number of thiocarbonyl (C=S) groups is 1. The number of hydrogen-bond donors (Lipinski definition) is 1. The Labute approximate surface area is 194 Å². The molecule has 0 bridgehead atoms. The van der Waals surface area contributed by atoms with Gasteiger partial charge < -0.3 is 4.42 Å². The molecule has 32 heavy (non-hydrogen) atoms. The minimum atomic E-state index is -0.461. The number of carbonyl (C=O) groups is 1. The molecule has 158 valence electrons. The number of hydrogen-bond acceptors (Lipinski definition) is 9. The molecule has 0 radical (unpaired) electrons. The standard InChI is InChI=1S/C21H12N4O4S3/c26-19-18(11-14-8-9-16(29-14)12-4-3-5-13(10-12)25(27)28)32-21(30)24(19)23-20-22-15-6-1-2-7-17(15)31-20/h1-11H,(H,22,23). The van der Waals surface area contributed by atoms with Crippen molar-refractivity contribution in [1.82, 2.24) is 9.99 Å². The Morgan fingerprint density at radius 2 is 2.00 bits per heavy atom. The maximum absolute atomic E-state index is 12.9. The Morgan fingerprint density at radius 1 is 1.16 bits per heavy atom. The average Bonchev–Trinajstić information content (AvgIpc) is 3.48. The number of nitro groups is 1. The van der Waals surface area contributed by atoms with Crippen LogP contribution in [-0.4, -0.2) is 25.1 Å². The Kier molecular flexibility index (Phi) is 5.21. The Balaban J connectivity index is 1.36. The number of non-ortho nitro benzene ring substituents is 1. The lowest BCUT2D eigenvalue weighted by molar-refractivity contribution is -0.384. The van der Waals surface area contributed by atoms with Crippen molar-refractivity contribution in [3.63, 3.8) is 0 Å². The lowest BCUT2D eigenvalue weighted by atomic mass is 10.1. The first-order chi connectivity index (χ1) is 15.5. The molecule has 1 N–H and O–H groups in total. The van der Waals surface area contributed by atoms with Crippen molar-refractivity contribution >= 4 is 72.7 Å². The molecule has 1 fully saturated rings. The maximum atomic E-state index is 12.9. The molecule has 0 aliphatic carbocycles. The number of nitrogens with zero attached hydrogens (tertiary/aromatic N) is 3. The number of thioether (sulfide) groups is 1. The number of benzene rings is 2. The molecule has 8 nitrogen and oxygen atoms in total. The molecule has 1 aliphatic heterocycles. The minimum absolute atomic E-state index is 0.0257. The van der Waals surface area contributed by atoms with Gasteiger partial charge in [-0.2, -0.15) is 5.01 Å². The number of fused-ring (bicyclic) bond motifs is 1. The normalized spacial score (nSPS) is 15.1. The van der Waals surface area contributed by atoms with E-state index < -0.39 is 4.92 Å². The van der Waals surface area contributed by atoms with Crippen LogP contribution in [0.5, 0.6) is 0 Å². The van der Waals surface area contributed by atoms with Gasteiger partial charge in [0, 0.05) is 23.8 Å². The van der Waals surface area contributed by atoms with Crippen molar-refractivity contribution in [1.29, 1.82) is 0 Å². The summed E-state index contributed by atoms with van der Waals surface area (Å²) in [4.78, 5) is 28.3. The van der Waals surface area contributed by atoms with Crippen molar-refractivity contribution in [3.8, 4) is 11.3 Å². The lowest BCUT2D eigenvalue weighted by Crippen LogP contribution is -2.33. The van der Waals surface area contributed by atoms with Crippen molar-refractivity contribution in [2.24, 2.45) is 0 Å². The third-order valence-electron chi connectivity index (χ3n) is 4.54. The molecule has 2 aromatic heterocycles. The average molecular weight is 481 g/mol. The molecule has 2 aromatic carbocycles.